The Balaban J connectivity index is 1.87. The molecular formula is C14H20N4O3. The fourth-order valence-corrected chi connectivity index (χ4v) is 2.59. The van der Waals surface area contributed by atoms with E-state index in [4.69, 9.17) is 5.73 Å². The Morgan fingerprint density at radius 2 is 2.33 bits per heavy atom. The van der Waals surface area contributed by atoms with Gasteiger partial charge in [0, 0.05) is 12.6 Å². The van der Waals surface area contributed by atoms with Crippen LogP contribution in [0.1, 0.15) is 18.4 Å². The Kier molecular flexibility index (Phi) is 4.74. The molecule has 0 bridgehead atoms. The molecule has 0 spiro atoms. The third-order valence-corrected chi connectivity index (χ3v) is 3.83. The van der Waals surface area contributed by atoms with Crippen molar-refractivity contribution in [2.24, 2.45) is 0 Å². The third-order valence-electron chi connectivity index (χ3n) is 3.83. The maximum absolute atomic E-state index is 12.0. The summed E-state index contributed by atoms with van der Waals surface area (Å²) in [6, 6.07) is 4.69. The van der Waals surface area contributed by atoms with Crippen LogP contribution in [0.15, 0.2) is 18.2 Å². The van der Waals surface area contributed by atoms with Gasteiger partial charge in [0.1, 0.15) is 5.69 Å². The number of nitrogens with one attached hydrogen (secondary N) is 1. The van der Waals surface area contributed by atoms with E-state index in [9.17, 15) is 14.9 Å². The van der Waals surface area contributed by atoms with Gasteiger partial charge in [-0.1, -0.05) is 6.07 Å². The summed E-state index contributed by atoms with van der Waals surface area (Å²) in [6.07, 6.45) is 2.47. The van der Waals surface area contributed by atoms with Crippen LogP contribution < -0.4 is 11.1 Å². The summed E-state index contributed by atoms with van der Waals surface area (Å²) in [5.74, 6) is 0.0277. The second kappa shape index (κ2) is 6.53. The summed E-state index contributed by atoms with van der Waals surface area (Å²) >= 11 is 0. The molecule has 7 heteroatoms. The molecule has 1 heterocycles. The minimum atomic E-state index is -0.495. The van der Waals surface area contributed by atoms with Gasteiger partial charge in [0.25, 0.3) is 5.69 Å². The maximum atomic E-state index is 12.0. The standard InChI is InChI=1S/C14H20N4O3/c1-17-8-2-3-12(17)14(19)16-7-6-10-4-5-11(15)13(9-10)18(20)21/h4-5,9,12H,2-3,6-8,15H2,1H3,(H,16,19). The van der Waals surface area contributed by atoms with E-state index >= 15 is 0 Å². The summed E-state index contributed by atoms with van der Waals surface area (Å²) < 4.78 is 0. The summed E-state index contributed by atoms with van der Waals surface area (Å²) in [5, 5.41) is 13.7. The molecule has 1 saturated heterocycles. The number of carbonyl (C=O) groups is 1. The van der Waals surface area contributed by atoms with E-state index in [2.05, 4.69) is 5.32 Å². The quantitative estimate of drug-likeness (QED) is 0.477. The molecule has 3 N–H and O–H groups in total. The monoisotopic (exact) mass is 292 g/mol. The van der Waals surface area contributed by atoms with E-state index in [1.807, 2.05) is 11.9 Å². The minimum Gasteiger partial charge on any atom is -0.393 e. The van der Waals surface area contributed by atoms with Crippen LogP contribution in [0.4, 0.5) is 11.4 Å². The predicted octanol–water partition coefficient (Wildman–Crippen LogP) is 0.930. The molecule has 21 heavy (non-hydrogen) atoms. The molecule has 0 radical (unpaired) electrons. The first-order valence-corrected chi connectivity index (χ1v) is 7.00. The highest BCUT2D eigenvalue weighted by Gasteiger charge is 2.27. The third kappa shape index (κ3) is 3.69. The highest BCUT2D eigenvalue weighted by atomic mass is 16.6. The maximum Gasteiger partial charge on any atom is 0.292 e. The van der Waals surface area contributed by atoms with E-state index in [0.717, 1.165) is 24.9 Å². The Morgan fingerprint density at radius 1 is 1.57 bits per heavy atom. The van der Waals surface area contributed by atoms with Crippen molar-refractivity contribution < 1.29 is 9.72 Å². The molecule has 114 valence electrons. The average Bonchev–Trinajstić information content (AvgIpc) is 2.86. The SMILES string of the molecule is CN1CCCC1C(=O)NCCc1ccc(N)c([N+](=O)[O-])c1. The first-order valence-electron chi connectivity index (χ1n) is 7.00. The van der Waals surface area contributed by atoms with Crippen LogP contribution in [0.5, 0.6) is 0 Å². The van der Waals surface area contributed by atoms with Crippen molar-refractivity contribution in [2.45, 2.75) is 25.3 Å². The lowest BCUT2D eigenvalue weighted by atomic mass is 10.1. The number of likely N-dealkylation sites (N-methyl/N-ethyl adjacent to an activating group) is 1. The fourth-order valence-electron chi connectivity index (χ4n) is 2.59. The topological polar surface area (TPSA) is 102 Å². The molecule has 2 rings (SSSR count). The molecule has 1 aliphatic rings. The Labute approximate surface area is 123 Å². The van der Waals surface area contributed by atoms with Gasteiger partial charge in [-0.15, -0.1) is 0 Å². The zero-order valence-electron chi connectivity index (χ0n) is 12.0. The Morgan fingerprint density at radius 3 is 2.95 bits per heavy atom. The van der Waals surface area contributed by atoms with Crippen molar-refractivity contribution in [3.63, 3.8) is 0 Å². The molecule has 1 atom stereocenters. The van der Waals surface area contributed by atoms with Crippen LogP contribution in [0, 0.1) is 10.1 Å². The summed E-state index contributed by atoms with van der Waals surface area (Å²) in [6.45, 7) is 1.41. The first-order chi connectivity index (χ1) is 9.99. The van der Waals surface area contributed by atoms with Crippen LogP contribution >= 0.6 is 0 Å². The van der Waals surface area contributed by atoms with E-state index < -0.39 is 4.92 Å². The van der Waals surface area contributed by atoms with Gasteiger partial charge < -0.3 is 11.1 Å². The number of hydrogen-bond donors (Lipinski definition) is 2. The predicted molar refractivity (Wildman–Crippen MR) is 79.9 cm³/mol. The van der Waals surface area contributed by atoms with E-state index in [0.29, 0.717) is 13.0 Å². The average molecular weight is 292 g/mol. The van der Waals surface area contributed by atoms with Gasteiger partial charge in [0.2, 0.25) is 5.91 Å². The molecule has 0 saturated carbocycles. The zero-order valence-corrected chi connectivity index (χ0v) is 12.0. The molecule has 1 aliphatic heterocycles. The molecule has 1 aromatic carbocycles. The van der Waals surface area contributed by atoms with Crippen molar-refractivity contribution in [1.29, 1.82) is 0 Å². The lowest BCUT2D eigenvalue weighted by Gasteiger charge is -2.18. The molecule has 7 nitrogen and oxygen atoms in total. The number of nitrogens with zero attached hydrogens (tertiary/aromatic N) is 2. The number of nitro groups is 1. The van der Waals surface area contributed by atoms with Gasteiger partial charge in [-0.2, -0.15) is 0 Å². The molecular weight excluding hydrogens is 272 g/mol. The van der Waals surface area contributed by atoms with E-state index in [1.54, 1.807) is 6.07 Å². The van der Waals surface area contributed by atoms with Gasteiger partial charge in [-0.05, 0) is 44.5 Å². The number of anilines is 1. The highest BCUT2D eigenvalue weighted by molar-refractivity contribution is 5.82. The summed E-state index contributed by atoms with van der Waals surface area (Å²) in [4.78, 5) is 24.4. The molecule has 1 unspecified atom stereocenters. The number of rotatable bonds is 5. The van der Waals surface area contributed by atoms with Crippen LogP contribution in [0.3, 0.4) is 0 Å². The number of nitrogens with two attached hydrogens (primary N) is 1. The van der Waals surface area contributed by atoms with E-state index in [-0.39, 0.29) is 23.3 Å². The number of carbonyl (C=O) groups excluding carboxylic acids is 1. The smallest absolute Gasteiger partial charge is 0.292 e. The number of nitrogen functional groups attached to an aromatic ring is 1. The second-order valence-corrected chi connectivity index (χ2v) is 5.33. The Hall–Kier alpha value is -2.15. The van der Waals surface area contributed by atoms with Crippen LogP contribution in [-0.4, -0.2) is 41.9 Å². The first kappa shape index (κ1) is 15.2. The number of likely N-dealkylation sites (tertiary alicyclic amines) is 1. The van der Waals surface area contributed by atoms with Crippen molar-refractivity contribution in [1.82, 2.24) is 10.2 Å². The number of nitro benzene ring substituents is 1. The summed E-state index contributed by atoms with van der Waals surface area (Å²) in [7, 11) is 1.95. The van der Waals surface area contributed by atoms with Gasteiger partial charge in [-0.3, -0.25) is 19.8 Å². The Bertz CT molecular complexity index is 547. The molecule has 1 aromatic rings. The van der Waals surface area contributed by atoms with Gasteiger partial charge >= 0.3 is 0 Å². The second-order valence-electron chi connectivity index (χ2n) is 5.33. The number of hydrogen-bond acceptors (Lipinski definition) is 5. The molecule has 1 amide bonds. The largest absolute Gasteiger partial charge is 0.393 e. The fraction of sp³-hybridized carbons (Fsp3) is 0.500. The lowest BCUT2D eigenvalue weighted by molar-refractivity contribution is -0.384. The van der Waals surface area contributed by atoms with Gasteiger partial charge in [-0.25, -0.2) is 0 Å². The van der Waals surface area contributed by atoms with Crippen molar-refractivity contribution in [3.05, 3.63) is 33.9 Å². The van der Waals surface area contributed by atoms with Crippen molar-refractivity contribution >= 4 is 17.3 Å². The molecule has 0 aliphatic carbocycles. The van der Waals surface area contributed by atoms with Gasteiger partial charge in [0.15, 0.2) is 0 Å². The number of benzene rings is 1. The minimum absolute atomic E-state index is 0.0277. The zero-order chi connectivity index (χ0) is 15.4. The van der Waals surface area contributed by atoms with Crippen molar-refractivity contribution in [3.8, 4) is 0 Å². The van der Waals surface area contributed by atoms with E-state index in [1.165, 1.54) is 12.1 Å². The normalized spacial score (nSPS) is 18.6. The molecule has 0 aromatic heterocycles. The van der Waals surface area contributed by atoms with Crippen LogP contribution in [0.2, 0.25) is 0 Å². The van der Waals surface area contributed by atoms with Gasteiger partial charge in [0.05, 0.1) is 11.0 Å². The summed E-state index contributed by atoms with van der Waals surface area (Å²) in [5.41, 5.74) is 6.40. The lowest BCUT2D eigenvalue weighted by Crippen LogP contribution is -2.42. The van der Waals surface area contributed by atoms with Crippen LogP contribution in [0.25, 0.3) is 0 Å². The highest BCUT2D eigenvalue weighted by Crippen LogP contribution is 2.22. The number of amides is 1. The van der Waals surface area contributed by atoms with Crippen molar-refractivity contribution in [2.75, 3.05) is 25.9 Å². The van der Waals surface area contributed by atoms with Crippen LogP contribution in [-0.2, 0) is 11.2 Å². The molecule has 1 fully saturated rings.